The number of fused-ring (bicyclic) bond motifs is 5. The van der Waals surface area contributed by atoms with Gasteiger partial charge in [-0.1, -0.05) is 83.0 Å². The van der Waals surface area contributed by atoms with Gasteiger partial charge in [0, 0.05) is 12.1 Å². The summed E-state index contributed by atoms with van der Waals surface area (Å²) in [6.45, 7) is 7.76. The first-order chi connectivity index (χ1) is 32.4. The molecule has 8 atom stereocenters. The number of methoxy groups -OCH3 is 2. The zero-order valence-electron chi connectivity index (χ0n) is 39.4. The number of nitrogens with zero attached hydrogens (tertiary/aromatic N) is 4. The highest BCUT2D eigenvalue weighted by Gasteiger charge is 2.57. The van der Waals surface area contributed by atoms with Crippen molar-refractivity contribution in [2.45, 2.75) is 134 Å². The van der Waals surface area contributed by atoms with Crippen LogP contribution in [0.3, 0.4) is 0 Å². The van der Waals surface area contributed by atoms with Crippen molar-refractivity contribution < 1.29 is 28.7 Å². The standard InChI is InChI=1S/C53H62N8O6/c1-27(2)45(58-51(64)66-5)49(62)60-40-22-32(40)24-42(60)47-54-26-39(57-47)30-11-9-29(10-12-30)35-15-14-34(36-17-20-53(44(35)36)18-7-8-19-53)31-13-16-37-38(21-31)56-48(55-37)43-25-33-23-41(33)61(43)50(63)46(28(3)4)59-52(65)67-6/h9-16,21,26-28,32-33,40-43,45-46H,7-8,17-20,22-25H2,1-6H3,(H,54,57)(H,55,56)(H,58,64)(H,59,65)/t32?,33?,40?,41?,42-,43+,45-,46-/m0/s1. The smallest absolute Gasteiger partial charge is 0.407 e. The maximum atomic E-state index is 14.1. The fourth-order valence-corrected chi connectivity index (χ4v) is 12.7. The summed E-state index contributed by atoms with van der Waals surface area (Å²) in [7, 11) is 2.64. The number of piperidine rings is 2. The molecule has 4 unspecified atom stereocenters. The minimum absolute atomic E-state index is 0.0805. The van der Waals surface area contributed by atoms with Crippen LogP contribution in [0.2, 0.25) is 0 Å². The lowest BCUT2D eigenvalue weighted by Gasteiger charge is -2.31. The van der Waals surface area contributed by atoms with E-state index in [0.717, 1.165) is 78.0 Å². The topological polar surface area (TPSA) is 175 Å². The summed E-state index contributed by atoms with van der Waals surface area (Å²) in [5.74, 6) is 2.11. The summed E-state index contributed by atoms with van der Waals surface area (Å²) in [6.07, 6.45) is 11.5. The minimum Gasteiger partial charge on any atom is -0.453 e. The van der Waals surface area contributed by atoms with Crippen LogP contribution in [-0.4, -0.2) is 92.1 Å². The van der Waals surface area contributed by atoms with Gasteiger partial charge < -0.3 is 39.9 Å². The molecule has 2 aromatic heterocycles. The van der Waals surface area contributed by atoms with Crippen molar-refractivity contribution in [3.63, 3.8) is 0 Å². The lowest BCUT2D eigenvalue weighted by Crippen LogP contribution is -2.52. The number of hydrogen-bond donors (Lipinski definition) is 4. The Labute approximate surface area is 391 Å². The number of carbonyl (C=O) groups is 4. The van der Waals surface area contributed by atoms with Crippen LogP contribution in [0.4, 0.5) is 9.59 Å². The molecule has 2 aliphatic heterocycles. The third kappa shape index (κ3) is 7.45. The second kappa shape index (κ2) is 16.6. The number of benzene rings is 3. The molecule has 4 N–H and O–H groups in total. The normalized spacial score (nSPS) is 25.0. The fourth-order valence-electron chi connectivity index (χ4n) is 12.7. The quantitative estimate of drug-likeness (QED) is 0.102. The van der Waals surface area contributed by atoms with Gasteiger partial charge in [-0.25, -0.2) is 19.6 Å². The average Bonchev–Trinajstić information content (AvgIpc) is 3.78. The zero-order chi connectivity index (χ0) is 46.5. The molecule has 67 heavy (non-hydrogen) atoms. The number of hydrogen-bond acceptors (Lipinski definition) is 8. The third-order valence-electron chi connectivity index (χ3n) is 16.3. The van der Waals surface area contributed by atoms with Crippen LogP contribution in [0.1, 0.15) is 120 Å². The summed E-state index contributed by atoms with van der Waals surface area (Å²) in [5.41, 5.74) is 11.8. The number of aromatic amines is 2. The van der Waals surface area contributed by atoms with E-state index in [-0.39, 0.29) is 53.2 Å². The summed E-state index contributed by atoms with van der Waals surface area (Å²) in [6, 6.07) is 18.7. The van der Waals surface area contributed by atoms with Crippen molar-refractivity contribution in [2.24, 2.45) is 23.7 Å². The largest absolute Gasteiger partial charge is 0.453 e. The molecule has 0 radical (unpaired) electrons. The van der Waals surface area contributed by atoms with Crippen LogP contribution < -0.4 is 10.6 Å². The molecule has 4 heterocycles. The molecule has 14 heteroatoms. The van der Waals surface area contributed by atoms with E-state index in [4.69, 9.17) is 19.4 Å². The number of likely N-dealkylation sites (tertiary alicyclic amines) is 2. The molecule has 4 amide bonds. The Hall–Kier alpha value is -6.18. The van der Waals surface area contributed by atoms with E-state index in [9.17, 15) is 19.2 Å². The van der Waals surface area contributed by atoms with E-state index in [1.807, 2.05) is 43.7 Å². The van der Waals surface area contributed by atoms with Gasteiger partial charge >= 0.3 is 12.2 Å². The molecule has 5 aromatic rings. The SMILES string of the molecule is COC(=O)N[C@H](C(=O)N1C2CC2C[C@@H]1c1nc2ccc(-c3ccc(-c4ccc(-c5cnc([C@@H]6CC7CC7N6C(=O)[C@@H](NC(=O)OC)C(C)C)[nH]5)cc4)c4c3CCC43CCCC3)cc2[nH]1)C(C)C. The van der Waals surface area contributed by atoms with Gasteiger partial charge in [0.15, 0.2) is 0 Å². The summed E-state index contributed by atoms with van der Waals surface area (Å²) in [4.78, 5) is 73.5. The molecule has 2 saturated heterocycles. The second-order valence-corrected chi connectivity index (χ2v) is 21.0. The number of nitrogens with one attached hydrogen (secondary N) is 4. The van der Waals surface area contributed by atoms with Gasteiger partial charge in [0.25, 0.3) is 0 Å². The highest BCUT2D eigenvalue weighted by molar-refractivity contribution is 5.89. The van der Waals surface area contributed by atoms with Crippen LogP contribution in [0.5, 0.6) is 0 Å². The van der Waals surface area contributed by atoms with E-state index < -0.39 is 24.3 Å². The van der Waals surface area contributed by atoms with Gasteiger partial charge in [-0.15, -0.1) is 0 Å². The lowest BCUT2D eigenvalue weighted by molar-refractivity contribution is -0.137. The maximum Gasteiger partial charge on any atom is 0.407 e. The molecule has 11 rings (SSSR count). The fraction of sp³-hybridized carbons (Fsp3) is 0.509. The van der Waals surface area contributed by atoms with Gasteiger partial charge in [-0.2, -0.15) is 0 Å². The number of carbonyl (C=O) groups excluding carboxylic acids is 4. The second-order valence-electron chi connectivity index (χ2n) is 21.0. The molecule has 1 spiro atoms. The van der Waals surface area contributed by atoms with Crippen LogP contribution in [0, 0.1) is 23.7 Å². The van der Waals surface area contributed by atoms with E-state index >= 15 is 0 Å². The van der Waals surface area contributed by atoms with Gasteiger partial charge in [0.05, 0.1) is 49.2 Å². The summed E-state index contributed by atoms with van der Waals surface area (Å²) in [5, 5.41) is 5.56. The Morgan fingerprint density at radius 1 is 0.687 bits per heavy atom. The van der Waals surface area contributed by atoms with Gasteiger partial charge in [-0.05, 0) is 132 Å². The van der Waals surface area contributed by atoms with Gasteiger partial charge in [-0.3, -0.25) is 9.59 Å². The first kappa shape index (κ1) is 43.4. The molecule has 4 aliphatic carbocycles. The van der Waals surface area contributed by atoms with Crippen molar-refractivity contribution in [3.05, 3.63) is 83.6 Å². The van der Waals surface area contributed by atoms with E-state index in [1.54, 1.807) is 0 Å². The highest BCUT2D eigenvalue weighted by atomic mass is 16.5. The molecular weight excluding hydrogens is 845 g/mol. The maximum absolute atomic E-state index is 14.1. The first-order valence-electron chi connectivity index (χ1n) is 24.5. The predicted molar refractivity (Wildman–Crippen MR) is 254 cm³/mol. The number of aromatic nitrogens is 4. The minimum atomic E-state index is -0.678. The number of amides is 4. The van der Waals surface area contributed by atoms with E-state index in [1.165, 1.54) is 67.7 Å². The number of H-pyrrole nitrogens is 2. The Morgan fingerprint density at radius 3 is 1.85 bits per heavy atom. The average molecular weight is 907 g/mol. The van der Waals surface area contributed by atoms with Crippen LogP contribution >= 0.6 is 0 Å². The van der Waals surface area contributed by atoms with E-state index in [2.05, 4.69) is 75.2 Å². The molecule has 3 aromatic carbocycles. The summed E-state index contributed by atoms with van der Waals surface area (Å²) >= 11 is 0. The number of ether oxygens (including phenoxy) is 2. The molecule has 14 nitrogen and oxygen atoms in total. The highest BCUT2D eigenvalue weighted by Crippen LogP contribution is 2.57. The van der Waals surface area contributed by atoms with Crippen molar-refractivity contribution in [2.75, 3.05) is 14.2 Å². The molecule has 350 valence electrons. The van der Waals surface area contributed by atoms with Crippen molar-refractivity contribution in [1.29, 1.82) is 0 Å². The van der Waals surface area contributed by atoms with Crippen LogP contribution in [0.25, 0.3) is 44.5 Å². The van der Waals surface area contributed by atoms with Crippen molar-refractivity contribution >= 4 is 35.0 Å². The van der Waals surface area contributed by atoms with Gasteiger partial charge in [0.1, 0.15) is 23.7 Å². The number of alkyl carbamates (subject to hydrolysis) is 2. The number of rotatable bonds is 11. The van der Waals surface area contributed by atoms with Gasteiger partial charge in [0.2, 0.25) is 11.8 Å². The Bertz CT molecular complexity index is 2770. The number of imidazole rings is 2. The monoisotopic (exact) mass is 906 g/mol. The Balaban J connectivity index is 0.860. The zero-order valence-corrected chi connectivity index (χ0v) is 39.4. The molecule has 0 bridgehead atoms. The Kier molecular flexibility index (Phi) is 10.7. The lowest BCUT2D eigenvalue weighted by atomic mass is 9.76. The van der Waals surface area contributed by atoms with Crippen LogP contribution in [-0.2, 0) is 30.9 Å². The first-order valence-corrected chi connectivity index (χ1v) is 24.5. The molecule has 3 saturated carbocycles. The van der Waals surface area contributed by atoms with E-state index in [0.29, 0.717) is 11.8 Å². The molecule has 6 aliphatic rings. The summed E-state index contributed by atoms with van der Waals surface area (Å²) < 4.78 is 9.71. The van der Waals surface area contributed by atoms with Crippen molar-refractivity contribution in [3.8, 4) is 33.5 Å². The predicted octanol–water partition coefficient (Wildman–Crippen LogP) is 9.13. The van der Waals surface area contributed by atoms with Crippen molar-refractivity contribution in [1.82, 2.24) is 40.4 Å². The molecule has 5 fully saturated rings. The van der Waals surface area contributed by atoms with Crippen LogP contribution in [0.15, 0.2) is 60.8 Å². The Morgan fingerprint density at radius 2 is 1.25 bits per heavy atom. The third-order valence-corrected chi connectivity index (χ3v) is 16.3. The molecular formula is C53H62N8O6.